The molecule has 90 valence electrons. The maximum Gasteiger partial charge on any atom is 0.148 e. The number of nitrogen functional groups attached to an aromatic ring is 1. The first-order chi connectivity index (χ1) is 8.61. The Balaban J connectivity index is 2.44. The second kappa shape index (κ2) is 5.18. The van der Waals surface area contributed by atoms with E-state index in [1.807, 2.05) is 6.07 Å². The molecule has 2 aromatic carbocycles. The highest BCUT2D eigenvalue weighted by Crippen LogP contribution is 2.34. The first-order valence-electron chi connectivity index (χ1n) is 5.03. The number of nitrogens with two attached hydrogens (primary N) is 1. The van der Waals surface area contributed by atoms with Crippen molar-refractivity contribution in [2.75, 3.05) is 5.73 Å². The molecular formula is C13H8Cl2N2O. The van der Waals surface area contributed by atoms with Gasteiger partial charge in [-0.15, -0.1) is 0 Å². The molecule has 0 unspecified atom stereocenters. The van der Waals surface area contributed by atoms with Crippen LogP contribution in [-0.2, 0) is 0 Å². The Hall–Kier alpha value is -1.89. The molecule has 0 aliphatic rings. The third-order valence-corrected chi connectivity index (χ3v) is 2.89. The number of nitriles is 1. The van der Waals surface area contributed by atoms with E-state index < -0.39 is 0 Å². The molecule has 18 heavy (non-hydrogen) atoms. The zero-order valence-electron chi connectivity index (χ0n) is 9.15. The lowest BCUT2D eigenvalue weighted by Gasteiger charge is -2.10. The summed E-state index contributed by atoms with van der Waals surface area (Å²) >= 11 is 11.9. The minimum atomic E-state index is 0.262. The van der Waals surface area contributed by atoms with Crippen LogP contribution in [0.4, 0.5) is 5.69 Å². The summed E-state index contributed by atoms with van der Waals surface area (Å²) in [6.45, 7) is 0. The van der Waals surface area contributed by atoms with Crippen LogP contribution >= 0.6 is 23.2 Å². The Kier molecular flexibility index (Phi) is 3.61. The van der Waals surface area contributed by atoms with Crippen LogP contribution < -0.4 is 10.5 Å². The largest absolute Gasteiger partial charge is 0.454 e. The number of anilines is 1. The molecule has 0 aromatic heterocycles. The molecule has 0 saturated carbocycles. The smallest absolute Gasteiger partial charge is 0.148 e. The van der Waals surface area contributed by atoms with E-state index in [4.69, 9.17) is 38.9 Å². The molecule has 0 amide bonds. The monoisotopic (exact) mass is 278 g/mol. The Morgan fingerprint density at radius 1 is 1.06 bits per heavy atom. The number of halogens is 2. The minimum Gasteiger partial charge on any atom is -0.454 e. The highest BCUT2D eigenvalue weighted by molar-refractivity contribution is 6.32. The Bertz CT molecular complexity index is 635. The van der Waals surface area contributed by atoms with Gasteiger partial charge in [-0.1, -0.05) is 29.3 Å². The van der Waals surface area contributed by atoms with E-state index in [1.54, 1.807) is 36.4 Å². The van der Waals surface area contributed by atoms with Crippen LogP contribution in [-0.4, -0.2) is 0 Å². The Morgan fingerprint density at radius 2 is 1.83 bits per heavy atom. The van der Waals surface area contributed by atoms with Crippen molar-refractivity contribution >= 4 is 28.9 Å². The van der Waals surface area contributed by atoms with Crippen LogP contribution in [0.2, 0.25) is 10.0 Å². The fraction of sp³-hybridized carbons (Fsp3) is 0. The van der Waals surface area contributed by atoms with Gasteiger partial charge in [-0.05, 0) is 24.3 Å². The van der Waals surface area contributed by atoms with Crippen molar-refractivity contribution in [3.8, 4) is 17.6 Å². The van der Waals surface area contributed by atoms with Crippen LogP contribution in [0, 0.1) is 11.3 Å². The molecule has 3 nitrogen and oxygen atoms in total. The standard InChI is InChI=1S/C13H8Cl2N2O/c14-10-2-1-3-12(9(10)7-16)18-13-6-8(17)4-5-11(13)15/h1-6H,17H2. The van der Waals surface area contributed by atoms with Gasteiger partial charge in [-0.2, -0.15) is 5.26 Å². The van der Waals surface area contributed by atoms with Crippen molar-refractivity contribution in [3.63, 3.8) is 0 Å². The molecular weight excluding hydrogens is 271 g/mol. The topological polar surface area (TPSA) is 59.0 Å². The maximum absolute atomic E-state index is 9.03. The number of hydrogen-bond donors (Lipinski definition) is 1. The first-order valence-corrected chi connectivity index (χ1v) is 5.79. The molecule has 0 bridgehead atoms. The molecule has 0 aliphatic heterocycles. The number of hydrogen-bond acceptors (Lipinski definition) is 3. The normalized spacial score (nSPS) is 9.83. The highest BCUT2D eigenvalue weighted by atomic mass is 35.5. The molecule has 2 rings (SSSR count). The van der Waals surface area contributed by atoms with Crippen molar-refractivity contribution in [2.45, 2.75) is 0 Å². The van der Waals surface area contributed by atoms with Gasteiger partial charge in [-0.25, -0.2) is 0 Å². The number of ether oxygens (including phenoxy) is 1. The molecule has 5 heteroatoms. The lowest BCUT2D eigenvalue weighted by atomic mass is 10.2. The van der Waals surface area contributed by atoms with Gasteiger partial charge < -0.3 is 10.5 Å². The summed E-state index contributed by atoms with van der Waals surface area (Å²) in [5, 5.41) is 9.77. The summed E-state index contributed by atoms with van der Waals surface area (Å²) < 4.78 is 5.57. The third kappa shape index (κ3) is 2.51. The van der Waals surface area contributed by atoms with E-state index >= 15 is 0 Å². The van der Waals surface area contributed by atoms with E-state index in [1.165, 1.54) is 0 Å². The third-order valence-electron chi connectivity index (χ3n) is 2.26. The van der Waals surface area contributed by atoms with Crippen molar-refractivity contribution in [2.24, 2.45) is 0 Å². The van der Waals surface area contributed by atoms with E-state index in [0.29, 0.717) is 27.2 Å². The van der Waals surface area contributed by atoms with Gasteiger partial charge in [0.25, 0.3) is 0 Å². The predicted octanol–water partition coefficient (Wildman–Crippen LogP) is 4.24. The number of benzene rings is 2. The van der Waals surface area contributed by atoms with Crippen molar-refractivity contribution in [1.29, 1.82) is 5.26 Å². The molecule has 2 N–H and O–H groups in total. The minimum absolute atomic E-state index is 0.262. The van der Waals surface area contributed by atoms with Crippen LogP contribution in [0.25, 0.3) is 0 Å². The quantitative estimate of drug-likeness (QED) is 0.836. The van der Waals surface area contributed by atoms with Crippen LogP contribution in [0.5, 0.6) is 11.5 Å². The highest BCUT2D eigenvalue weighted by Gasteiger charge is 2.10. The van der Waals surface area contributed by atoms with E-state index in [9.17, 15) is 0 Å². The summed E-state index contributed by atoms with van der Waals surface area (Å²) in [5.74, 6) is 0.730. The molecule has 0 heterocycles. The van der Waals surface area contributed by atoms with Crippen LogP contribution in [0.1, 0.15) is 5.56 Å². The van der Waals surface area contributed by atoms with Gasteiger partial charge in [0.15, 0.2) is 0 Å². The summed E-state index contributed by atoms with van der Waals surface area (Å²) in [5.41, 5.74) is 6.44. The fourth-order valence-corrected chi connectivity index (χ4v) is 1.78. The maximum atomic E-state index is 9.03. The molecule has 0 aliphatic carbocycles. The van der Waals surface area contributed by atoms with Crippen molar-refractivity contribution in [3.05, 3.63) is 52.0 Å². The molecule has 2 aromatic rings. The average molecular weight is 279 g/mol. The van der Waals surface area contributed by atoms with Crippen molar-refractivity contribution in [1.82, 2.24) is 0 Å². The van der Waals surface area contributed by atoms with Gasteiger partial charge in [0.1, 0.15) is 23.1 Å². The molecule has 0 saturated heterocycles. The summed E-state index contributed by atoms with van der Waals surface area (Å²) in [6.07, 6.45) is 0. The van der Waals surface area contributed by atoms with Gasteiger partial charge in [0, 0.05) is 11.8 Å². The Labute approximate surface area is 114 Å². The summed E-state index contributed by atoms with van der Waals surface area (Å²) in [7, 11) is 0. The lowest BCUT2D eigenvalue weighted by Crippen LogP contribution is -1.91. The average Bonchev–Trinajstić information content (AvgIpc) is 2.34. The van der Waals surface area contributed by atoms with Crippen molar-refractivity contribution < 1.29 is 4.74 Å². The van der Waals surface area contributed by atoms with E-state index in [2.05, 4.69) is 0 Å². The predicted molar refractivity (Wildman–Crippen MR) is 72.1 cm³/mol. The molecule has 0 radical (unpaired) electrons. The first kappa shape index (κ1) is 12.6. The molecule has 0 atom stereocenters. The number of nitrogens with zero attached hydrogens (tertiary/aromatic N) is 1. The van der Waals surface area contributed by atoms with Gasteiger partial charge in [0.2, 0.25) is 0 Å². The molecule has 0 spiro atoms. The zero-order valence-corrected chi connectivity index (χ0v) is 10.7. The second-order valence-electron chi connectivity index (χ2n) is 3.52. The Morgan fingerprint density at radius 3 is 2.56 bits per heavy atom. The van der Waals surface area contributed by atoms with E-state index in [0.717, 1.165) is 0 Å². The number of rotatable bonds is 2. The summed E-state index contributed by atoms with van der Waals surface area (Å²) in [6, 6.07) is 11.8. The fourth-order valence-electron chi connectivity index (χ4n) is 1.41. The zero-order chi connectivity index (χ0) is 13.1. The van der Waals surface area contributed by atoms with Gasteiger partial charge in [0.05, 0.1) is 10.0 Å². The second-order valence-corrected chi connectivity index (χ2v) is 4.33. The SMILES string of the molecule is N#Cc1c(Cl)cccc1Oc1cc(N)ccc1Cl. The van der Waals surface area contributed by atoms with Gasteiger partial charge in [-0.3, -0.25) is 0 Å². The van der Waals surface area contributed by atoms with Gasteiger partial charge >= 0.3 is 0 Å². The van der Waals surface area contributed by atoms with Crippen LogP contribution in [0.15, 0.2) is 36.4 Å². The molecule has 0 fully saturated rings. The van der Waals surface area contributed by atoms with E-state index in [-0.39, 0.29) is 5.56 Å². The summed E-state index contributed by atoms with van der Waals surface area (Å²) in [4.78, 5) is 0. The lowest BCUT2D eigenvalue weighted by molar-refractivity contribution is 0.481. The van der Waals surface area contributed by atoms with Crippen LogP contribution in [0.3, 0.4) is 0 Å².